The third-order valence-corrected chi connectivity index (χ3v) is 3.89. The van der Waals surface area contributed by atoms with Crippen molar-refractivity contribution in [3.63, 3.8) is 0 Å². The van der Waals surface area contributed by atoms with Gasteiger partial charge in [0.1, 0.15) is 11.4 Å². The summed E-state index contributed by atoms with van der Waals surface area (Å²) >= 11 is 0. The normalized spacial score (nSPS) is 14.8. The number of fused-ring (bicyclic) bond motifs is 1. The van der Waals surface area contributed by atoms with E-state index in [1.807, 2.05) is 6.92 Å². The van der Waals surface area contributed by atoms with Crippen molar-refractivity contribution in [2.75, 3.05) is 23.7 Å². The van der Waals surface area contributed by atoms with E-state index in [2.05, 4.69) is 14.9 Å². The fourth-order valence-electron chi connectivity index (χ4n) is 2.75. The highest BCUT2D eigenvalue weighted by Gasteiger charge is 2.19. The highest BCUT2D eigenvalue weighted by atomic mass is 16.1. The van der Waals surface area contributed by atoms with E-state index >= 15 is 0 Å². The summed E-state index contributed by atoms with van der Waals surface area (Å²) in [4.78, 5) is 34.2. The number of pyridine rings is 1. The van der Waals surface area contributed by atoms with Crippen LogP contribution in [0.5, 0.6) is 0 Å². The molecule has 2 aromatic rings. The van der Waals surface area contributed by atoms with Crippen LogP contribution in [-0.2, 0) is 6.54 Å². The number of aryl methyl sites for hydroxylation is 1. The summed E-state index contributed by atoms with van der Waals surface area (Å²) in [6.45, 7) is 4.26. The van der Waals surface area contributed by atoms with Crippen LogP contribution in [0.3, 0.4) is 0 Å². The smallest absolute Gasteiger partial charge is 0.227 e. The van der Waals surface area contributed by atoms with Crippen LogP contribution in [0.1, 0.15) is 30.1 Å². The molecule has 0 atom stereocenters. The monoisotopic (exact) mass is 287 g/mol. The van der Waals surface area contributed by atoms with Gasteiger partial charge in [-0.15, -0.1) is 0 Å². The Kier molecular flexibility index (Phi) is 3.32. The van der Waals surface area contributed by atoms with Gasteiger partial charge in [-0.2, -0.15) is 4.98 Å². The van der Waals surface area contributed by atoms with Gasteiger partial charge in [0.05, 0.1) is 5.39 Å². The highest BCUT2D eigenvalue weighted by Crippen LogP contribution is 2.20. The average molecular weight is 287 g/mol. The van der Waals surface area contributed by atoms with E-state index < -0.39 is 5.43 Å². The zero-order chi connectivity index (χ0) is 15.0. The maximum atomic E-state index is 12.3. The Labute approximate surface area is 121 Å². The lowest BCUT2D eigenvalue weighted by atomic mass is 10.2. The maximum absolute atomic E-state index is 12.3. The summed E-state index contributed by atoms with van der Waals surface area (Å²) < 4.78 is 1.68. The molecule has 0 spiro atoms. The van der Waals surface area contributed by atoms with Gasteiger partial charge in [0.25, 0.3) is 0 Å². The van der Waals surface area contributed by atoms with Crippen molar-refractivity contribution in [2.24, 2.45) is 0 Å². The number of carbonyl (C=O) groups excluding carboxylic acids is 1. The SMILES string of the molecule is CCn1c(N)c(C=O)c(=O)c2cnc(N3CCCC3)nc21. The molecule has 0 saturated carbocycles. The standard InChI is InChI=1S/C14H17N5O2/c1-2-19-12(15)10(8-20)11(21)9-7-16-14(17-13(9)19)18-5-3-4-6-18/h7-8H,2-6,15H2,1H3. The zero-order valence-electron chi connectivity index (χ0n) is 11.9. The van der Waals surface area contributed by atoms with E-state index in [1.54, 1.807) is 4.57 Å². The molecule has 2 N–H and O–H groups in total. The van der Waals surface area contributed by atoms with Gasteiger partial charge in [0.2, 0.25) is 11.4 Å². The van der Waals surface area contributed by atoms with Crippen molar-refractivity contribution >= 4 is 29.1 Å². The number of aldehydes is 1. The van der Waals surface area contributed by atoms with Crippen LogP contribution >= 0.6 is 0 Å². The molecule has 0 bridgehead atoms. The van der Waals surface area contributed by atoms with Gasteiger partial charge in [-0.1, -0.05) is 0 Å². The molecule has 2 aromatic heterocycles. The average Bonchev–Trinajstić information content (AvgIpc) is 3.02. The summed E-state index contributed by atoms with van der Waals surface area (Å²) in [6, 6.07) is 0. The van der Waals surface area contributed by atoms with Gasteiger partial charge in [0.15, 0.2) is 11.9 Å². The van der Waals surface area contributed by atoms with Crippen molar-refractivity contribution in [1.82, 2.24) is 14.5 Å². The van der Waals surface area contributed by atoms with Crippen LogP contribution in [0, 0.1) is 0 Å². The van der Waals surface area contributed by atoms with E-state index in [1.165, 1.54) is 6.20 Å². The molecule has 3 rings (SSSR count). The van der Waals surface area contributed by atoms with E-state index in [4.69, 9.17) is 5.73 Å². The van der Waals surface area contributed by atoms with Gasteiger partial charge < -0.3 is 15.2 Å². The summed E-state index contributed by atoms with van der Waals surface area (Å²) in [6.07, 6.45) is 4.23. The predicted octanol–water partition coefficient (Wildman–Crippen LogP) is 0.806. The number of aromatic nitrogens is 3. The Morgan fingerprint density at radius 3 is 2.71 bits per heavy atom. The van der Waals surface area contributed by atoms with Crippen LogP contribution in [0.4, 0.5) is 11.8 Å². The summed E-state index contributed by atoms with van der Waals surface area (Å²) in [5.74, 6) is 0.774. The first-order chi connectivity index (χ1) is 10.2. The lowest BCUT2D eigenvalue weighted by Crippen LogP contribution is -2.24. The van der Waals surface area contributed by atoms with Crippen molar-refractivity contribution in [2.45, 2.75) is 26.3 Å². The molecular weight excluding hydrogens is 270 g/mol. The van der Waals surface area contributed by atoms with Gasteiger partial charge in [-0.3, -0.25) is 9.59 Å². The molecule has 7 nitrogen and oxygen atoms in total. The highest BCUT2D eigenvalue weighted by molar-refractivity contribution is 5.90. The van der Waals surface area contributed by atoms with E-state index in [0.29, 0.717) is 29.8 Å². The minimum Gasteiger partial charge on any atom is -0.384 e. The van der Waals surface area contributed by atoms with Crippen molar-refractivity contribution < 1.29 is 4.79 Å². The Bertz CT molecular complexity index is 762. The Balaban J connectivity index is 2.29. The second-order valence-electron chi connectivity index (χ2n) is 5.09. The van der Waals surface area contributed by atoms with Crippen molar-refractivity contribution in [3.05, 3.63) is 22.0 Å². The molecule has 1 saturated heterocycles. The lowest BCUT2D eigenvalue weighted by Gasteiger charge is -2.17. The topological polar surface area (TPSA) is 94.1 Å². The third kappa shape index (κ3) is 2.05. The molecule has 0 aliphatic carbocycles. The number of nitrogens with zero attached hydrogens (tertiary/aromatic N) is 4. The third-order valence-electron chi connectivity index (χ3n) is 3.89. The number of nitrogens with two attached hydrogens (primary N) is 1. The molecule has 0 radical (unpaired) electrons. The Morgan fingerprint density at radius 1 is 1.38 bits per heavy atom. The second kappa shape index (κ2) is 5.16. The van der Waals surface area contributed by atoms with Crippen LogP contribution in [-0.4, -0.2) is 33.9 Å². The summed E-state index contributed by atoms with van der Waals surface area (Å²) in [7, 11) is 0. The summed E-state index contributed by atoms with van der Waals surface area (Å²) in [5.41, 5.74) is 5.99. The first kappa shape index (κ1) is 13.5. The summed E-state index contributed by atoms with van der Waals surface area (Å²) in [5, 5.41) is 0.330. The van der Waals surface area contributed by atoms with E-state index in [-0.39, 0.29) is 11.4 Å². The first-order valence-corrected chi connectivity index (χ1v) is 7.06. The van der Waals surface area contributed by atoms with Crippen LogP contribution in [0.25, 0.3) is 11.0 Å². The molecule has 1 fully saturated rings. The molecule has 110 valence electrons. The van der Waals surface area contributed by atoms with E-state index in [0.717, 1.165) is 25.9 Å². The predicted molar refractivity (Wildman–Crippen MR) is 80.7 cm³/mol. The molecule has 21 heavy (non-hydrogen) atoms. The first-order valence-electron chi connectivity index (χ1n) is 7.06. The molecule has 3 heterocycles. The van der Waals surface area contributed by atoms with E-state index in [9.17, 15) is 9.59 Å². The fraction of sp³-hybridized carbons (Fsp3) is 0.429. The number of anilines is 2. The minimum atomic E-state index is -0.407. The van der Waals surface area contributed by atoms with Gasteiger partial charge in [0, 0.05) is 25.8 Å². The second-order valence-corrected chi connectivity index (χ2v) is 5.09. The van der Waals surface area contributed by atoms with Crippen LogP contribution in [0.2, 0.25) is 0 Å². The number of hydrogen-bond donors (Lipinski definition) is 1. The Hall–Kier alpha value is -2.44. The molecule has 1 aliphatic heterocycles. The number of nitrogen functional groups attached to an aromatic ring is 1. The Morgan fingerprint density at radius 2 is 2.10 bits per heavy atom. The fourth-order valence-corrected chi connectivity index (χ4v) is 2.75. The zero-order valence-corrected chi connectivity index (χ0v) is 11.9. The van der Waals surface area contributed by atoms with Gasteiger partial charge in [-0.05, 0) is 19.8 Å². The molecule has 0 amide bonds. The van der Waals surface area contributed by atoms with Crippen molar-refractivity contribution in [1.29, 1.82) is 0 Å². The molecule has 1 aliphatic rings. The maximum Gasteiger partial charge on any atom is 0.227 e. The van der Waals surface area contributed by atoms with Gasteiger partial charge in [-0.25, -0.2) is 4.98 Å². The van der Waals surface area contributed by atoms with Gasteiger partial charge >= 0.3 is 0 Å². The van der Waals surface area contributed by atoms with Crippen LogP contribution < -0.4 is 16.1 Å². The quantitative estimate of drug-likeness (QED) is 0.839. The number of hydrogen-bond acceptors (Lipinski definition) is 6. The van der Waals surface area contributed by atoms with Crippen LogP contribution in [0.15, 0.2) is 11.0 Å². The molecular formula is C14H17N5O2. The molecule has 0 aromatic carbocycles. The lowest BCUT2D eigenvalue weighted by molar-refractivity contribution is 0.112. The molecule has 0 unspecified atom stereocenters. The largest absolute Gasteiger partial charge is 0.384 e. The minimum absolute atomic E-state index is 0.0260. The number of carbonyl (C=O) groups is 1. The molecule has 7 heteroatoms. The number of rotatable bonds is 3. The van der Waals surface area contributed by atoms with Crippen molar-refractivity contribution in [3.8, 4) is 0 Å².